The van der Waals surface area contributed by atoms with Crippen LogP contribution in [-0.2, 0) is 29.5 Å². The number of carboxylic acid groups (broad SMARTS) is 1. The van der Waals surface area contributed by atoms with Gasteiger partial charge in [0.05, 0.1) is 13.0 Å². The monoisotopic (exact) mass is 340 g/mol. The lowest BCUT2D eigenvalue weighted by Gasteiger charge is -2.10. The Hall–Kier alpha value is -1.19. The summed E-state index contributed by atoms with van der Waals surface area (Å²) in [6.07, 6.45) is 6.14. The highest BCUT2D eigenvalue weighted by atomic mass is 32.2. The maximum atomic E-state index is 11.4. The third-order valence-corrected chi connectivity index (χ3v) is 4.03. The fraction of sp³-hybridized carbons (Fsp3) is 0.846. The Bertz CT molecular complexity index is 431. The summed E-state index contributed by atoms with van der Waals surface area (Å²) in [6.45, 7) is 2.22. The summed E-state index contributed by atoms with van der Waals surface area (Å²) in [5, 5.41) is 6.32. The normalized spacial score (nSPS) is 12.8. The van der Waals surface area contributed by atoms with Crippen molar-refractivity contribution < 1.29 is 37.4 Å². The van der Waals surface area contributed by atoms with Crippen LogP contribution in [0.4, 0.5) is 0 Å². The molecule has 0 spiro atoms. The Morgan fingerprint density at radius 2 is 1.59 bits per heavy atom. The van der Waals surface area contributed by atoms with Crippen molar-refractivity contribution in [1.82, 2.24) is 0 Å². The van der Waals surface area contributed by atoms with Gasteiger partial charge in [0.1, 0.15) is 0 Å². The number of unbranched alkanes of at least 4 members (excludes halogenated alkanes) is 6. The first-order valence-corrected chi connectivity index (χ1v) is 8.80. The van der Waals surface area contributed by atoms with E-state index in [0.717, 1.165) is 19.3 Å². The number of hydrogen-bond acceptors (Lipinski definition) is 6. The highest BCUT2D eigenvalue weighted by Crippen LogP contribution is 2.09. The van der Waals surface area contributed by atoms with Crippen molar-refractivity contribution >= 4 is 22.1 Å². The number of carbonyl (C=O) groups excluding carboxylic acids is 1. The Balaban J connectivity index is 3.89. The summed E-state index contributed by atoms with van der Waals surface area (Å²) in [6, 6.07) is 0. The van der Waals surface area contributed by atoms with E-state index in [-0.39, 0.29) is 6.61 Å². The maximum Gasteiger partial charge on any atom is 0.363 e. The smallest absolute Gasteiger partial charge is 0.363 e. The van der Waals surface area contributed by atoms with E-state index in [4.69, 9.17) is 9.66 Å². The second kappa shape index (κ2) is 11.4. The Morgan fingerprint density at radius 3 is 2.09 bits per heavy atom. The zero-order valence-corrected chi connectivity index (χ0v) is 13.5. The number of hydrogen-bond donors (Lipinski definition) is 2. The topological polar surface area (TPSA) is 127 Å². The quantitative estimate of drug-likeness (QED) is 0.225. The molecule has 0 aliphatic rings. The second-order valence-electron chi connectivity index (χ2n) is 4.95. The van der Waals surface area contributed by atoms with E-state index in [1.807, 2.05) is 0 Å². The molecule has 0 saturated carbocycles. The molecule has 0 bridgehead atoms. The molecule has 0 aromatic heterocycles. The SMILES string of the molecule is CCCCCCCCCOOC(=O)C(CC(=O)O)S(=O)(=O)O. The lowest BCUT2D eigenvalue weighted by Crippen LogP contribution is -2.34. The van der Waals surface area contributed by atoms with Gasteiger partial charge in [-0.25, -0.2) is 4.79 Å². The van der Waals surface area contributed by atoms with Crippen molar-refractivity contribution in [2.45, 2.75) is 63.5 Å². The van der Waals surface area contributed by atoms with Crippen LogP contribution < -0.4 is 0 Å². The van der Waals surface area contributed by atoms with Gasteiger partial charge in [-0.1, -0.05) is 45.4 Å². The third-order valence-electron chi connectivity index (χ3n) is 2.95. The van der Waals surface area contributed by atoms with Crippen molar-refractivity contribution in [2.24, 2.45) is 0 Å². The van der Waals surface area contributed by atoms with E-state index in [0.29, 0.717) is 6.42 Å². The minimum Gasteiger partial charge on any atom is -0.481 e. The molecule has 22 heavy (non-hydrogen) atoms. The predicted octanol–water partition coefficient (Wildman–Crippen LogP) is 1.94. The van der Waals surface area contributed by atoms with Crippen LogP contribution in [0, 0.1) is 0 Å². The van der Waals surface area contributed by atoms with Gasteiger partial charge in [0, 0.05) is 0 Å². The average Bonchev–Trinajstić information content (AvgIpc) is 2.41. The van der Waals surface area contributed by atoms with Crippen molar-refractivity contribution in [3.63, 3.8) is 0 Å². The summed E-state index contributed by atoms with van der Waals surface area (Å²) in [7, 11) is -4.85. The summed E-state index contributed by atoms with van der Waals surface area (Å²) in [4.78, 5) is 30.6. The van der Waals surface area contributed by atoms with Gasteiger partial charge >= 0.3 is 11.9 Å². The molecule has 0 aliphatic heterocycles. The van der Waals surface area contributed by atoms with E-state index in [1.54, 1.807) is 0 Å². The summed E-state index contributed by atoms with van der Waals surface area (Å²) < 4.78 is 30.6. The first-order chi connectivity index (χ1) is 10.3. The molecule has 0 aromatic rings. The van der Waals surface area contributed by atoms with E-state index in [1.165, 1.54) is 19.3 Å². The van der Waals surface area contributed by atoms with E-state index >= 15 is 0 Å². The standard InChI is InChI=1S/C13H24O8S/c1-2-3-4-5-6-7-8-9-20-21-13(16)11(10-12(14)15)22(17,18)19/h11H,2-10H2,1H3,(H,14,15)(H,17,18,19). The lowest BCUT2D eigenvalue weighted by atomic mass is 10.1. The van der Waals surface area contributed by atoms with Gasteiger partial charge < -0.3 is 5.11 Å². The largest absolute Gasteiger partial charge is 0.481 e. The lowest BCUT2D eigenvalue weighted by molar-refractivity contribution is -0.272. The number of carboxylic acids is 1. The molecular formula is C13H24O8S. The Morgan fingerprint density at radius 1 is 1.05 bits per heavy atom. The van der Waals surface area contributed by atoms with Crippen LogP contribution in [0.15, 0.2) is 0 Å². The molecule has 1 unspecified atom stereocenters. The van der Waals surface area contributed by atoms with Crippen LogP contribution in [0.3, 0.4) is 0 Å². The molecule has 2 N–H and O–H groups in total. The van der Waals surface area contributed by atoms with Crippen molar-refractivity contribution in [1.29, 1.82) is 0 Å². The fourth-order valence-corrected chi connectivity index (χ4v) is 2.38. The molecule has 8 nitrogen and oxygen atoms in total. The van der Waals surface area contributed by atoms with Crippen molar-refractivity contribution in [2.75, 3.05) is 6.61 Å². The van der Waals surface area contributed by atoms with E-state index in [9.17, 15) is 18.0 Å². The average molecular weight is 340 g/mol. The zero-order chi connectivity index (χ0) is 17.0. The molecule has 9 heteroatoms. The molecule has 0 rings (SSSR count). The van der Waals surface area contributed by atoms with Gasteiger partial charge in [-0.3, -0.25) is 14.2 Å². The third kappa shape index (κ3) is 10.5. The highest BCUT2D eigenvalue weighted by molar-refractivity contribution is 7.87. The minimum absolute atomic E-state index is 0.0881. The van der Waals surface area contributed by atoms with Crippen LogP contribution in [-0.4, -0.2) is 41.9 Å². The van der Waals surface area contributed by atoms with Crippen LogP contribution in [0.2, 0.25) is 0 Å². The van der Waals surface area contributed by atoms with Gasteiger partial charge in [0.15, 0.2) is 5.25 Å². The van der Waals surface area contributed by atoms with Gasteiger partial charge in [-0.2, -0.15) is 13.3 Å². The Kier molecular flexibility index (Phi) is 10.8. The van der Waals surface area contributed by atoms with Crippen LogP contribution in [0.25, 0.3) is 0 Å². The molecule has 130 valence electrons. The highest BCUT2D eigenvalue weighted by Gasteiger charge is 2.35. The van der Waals surface area contributed by atoms with E-state index < -0.39 is 33.7 Å². The number of carbonyl (C=O) groups is 2. The summed E-state index contributed by atoms with van der Waals surface area (Å²) in [5.41, 5.74) is 0. The van der Waals surface area contributed by atoms with Gasteiger partial charge in [0.25, 0.3) is 10.1 Å². The van der Waals surface area contributed by atoms with Crippen molar-refractivity contribution in [3.8, 4) is 0 Å². The molecule has 0 aromatic carbocycles. The van der Waals surface area contributed by atoms with Gasteiger partial charge in [0.2, 0.25) is 0 Å². The maximum absolute atomic E-state index is 11.4. The fourth-order valence-electron chi connectivity index (χ4n) is 1.74. The van der Waals surface area contributed by atoms with E-state index in [2.05, 4.69) is 16.7 Å². The molecule has 0 aliphatic carbocycles. The van der Waals surface area contributed by atoms with Crippen LogP contribution in [0.1, 0.15) is 58.3 Å². The molecule has 0 fully saturated rings. The molecule has 0 radical (unpaired) electrons. The molecule has 0 saturated heterocycles. The van der Waals surface area contributed by atoms with Gasteiger partial charge in [-0.15, -0.1) is 0 Å². The second-order valence-corrected chi connectivity index (χ2v) is 6.55. The molecular weight excluding hydrogens is 316 g/mol. The summed E-state index contributed by atoms with van der Waals surface area (Å²) >= 11 is 0. The first-order valence-electron chi connectivity index (χ1n) is 7.30. The number of rotatable bonds is 13. The summed E-state index contributed by atoms with van der Waals surface area (Å²) in [5.74, 6) is -2.99. The molecule has 1 atom stereocenters. The first kappa shape index (κ1) is 20.8. The predicted molar refractivity (Wildman–Crippen MR) is 77.6 cm³/mol. The number of aliphatic carboxylic acids is 1. The molecule has 0 amide bonds. The van der Waals surface area contributed by atoms with Crippen molar-refractivity contribution in [3.05, 3.63) is 0 Å². The Labute approximate surface area is 130 Å². The zero-order valence-electron chi connectivity index (χ0n) is 12.7. The van der Waals surface area contributed by atoms with Crippen LogP contribution >= 0.6 is 0 Å². The van der Waals surface area contributed by atoms with Gasteiger partial charge in [-0.05, 0) is 6.42 Å². The minimum atomic E-state index is -4.85. The van der Waals surface area contributed by atoms with Crippen LogP contribution in [0.5, 0.6) is 0 Å². The molecule has 0 heterocycles.